The maximum atomic E-state index is 4.88. The Morgan fingerprint density at radius 3 is 2.16 bits per heavy atom. The van der Waals surface area contributed by atoms with Crippen molar-refractivity contribution in [2.45, 2.75) is 19.6 Å². The van der Waals surface area contributed by atoms with E-state index in [4.69, 9.17) is 4.99 Å². The maximum absolute atomic E-state index is 4.88. The number of hydrogen-bond donors (Lipinski definition) is 1. The minimum Gasteiger partial charge on any atom is -0.334 e. The van der Waals surface area contributed by atoms with Gasteiger partial charge in [-0.15, -0.1) is 0 Å². The number of nitrogens with one attached hydrogen (secondary N) is 1. The number of aliphatic imine (C=N–C) groups is 1. The highest BCUT2D eigenvalue weighted by molar-refractivity contribution is 8.13. The van der Waals surface area contributed by atoms with E-state index < -0.39 is 0 Å². The van der Waals surface area contributed by atoms with Crippen LogP contribution >= 0.6 is 11.8 Å². The van der Waals surface area contributed by atoms with Gasteiger partial charge in [-0.05, 0) is 42.7 Å². The summed E-state index contributed by atoms with van der Waals surface area (Å²) in [6.45, 7) is 4.20. The van der Waals surface area contributed by atoms with E-state index in [9.17, 15) is 0 Å². The molecule has 3 heteroatoms. The van der Waals surface area contributed by atoms with Gasteiger partial charge >= 0.3 is 0 Å². The van der Waals surface area contributed by atoms with E-state index in [2.05, 4.69) is 73.8 Å². The summed E-state index contributed by atoms with van der Waals surface area (Å²) in [5, 5.41) is 4.42. The fourth-order valence-electron chi connectivity index (χ4n) is 2.45. The third kappa shape index (κ3) is 4.97. The largest absolute Gasteiger partial charge is 0.334 e. The van der Waals surface area contributed by atoms with E-state index in [-0.39, 0.29) is 0 Å². The Balaban J connectivity index is 1.85. The fraction of sp³-hybridized carbons (Fsp3) is 0.136. The van der Waals surface area contributed by atoms with E-state index in [1.165, 1.54) is 16.7 Å². The van der Waals surface area contributed by atoms with Crippen LogP contribution in [0.1, 0.15) is 16.7 Å². The second-order valence-corrected chi connectivity index (χ2v) is 6.88. The molecule has 0 heterocycles. The van der Waals surface area contributed by atoms with Gasteiger partial charge in [0.25, 0.3) is 0 Å². The number of aryl methyl sites for hydroxylation is 2. The van der Waals surface area contributed by atoms with Crippen molar-refractivity contribution in [2.75, 3.05) is 5.32 Å². The van der Waals surface area contributed by atoms with E-state index in [1.807, 2.05) is 24.3 Å². The summed E-state index contributed by atoms with van der Waals surface area (Å²) in [4.78, 5) is 4.88. The van der Waals surface area contributed by atoms with Crippen molar-refractivity contribution in [1.29, 1.82) is 0 Å². The zero-order valence-electron chi connectivity index (χ0n) is 14.6. The lowest BCUT2D eigenvalue weighted by atomic mass is 10.2. The standard InChI is InChI=1S/C22H22N2S/c1-17-10-6-8-14-20(17)23-22(24-21-15-9-7-11-18(21)2)25-16-19-12-4-3-5-13-19/h3-15H,16H2,1-2H3,(H,23,24). The summed E-state index contributed by atoms with van der Waals surface area (Å²) in [6, 6.07) is 27.0. The molecule has 0 aromatic heterocycles. The first-order chi connectivity index (χ1) is 12.2. The monoisotopic (exact) mass is 346 g/mol. The van der Waals surface area contributed by atoms with Gasteiger partial charge in [-0.25, -0.2) is 4.99 Å². The van der Waals surface area contributed by atoms with Crippen LogP contribution in [0, 0.1) is 13.8 Å². The van der Waals surface area contributed by atoms with Crippen molar-refractivity contribution in [3.8, 4) is 0 Å². The van der Waals surface area contributed by atoms with Crippen molar-refractivity contribution in [3.05, 3.63) is 95.6 Å². The Morgan fingerprint density at radius 1 is 0.800 bits per heavy atom. The Morgan fingerprint density at radius 2 is 1.44 bits per heavy atom. The minimum atomic E-state index is 0.879. The summed E-state index contributed by atoms with van der Waals surface area (Å²) in [7, 11) is 0. The molecule has 25 heavy (non-hydrogen) atoms. The highest BCUT2D eigenvalue weighted by Gasteiger charge is 2.06. The molecule has 0 saturated carbocycles. The molecule has 0 aliphatic carbocycles. The molecule has 2 nitrogen and oxygen atoms in total. The number of hydrogen-bond acceptors (Lipinski definition) is 2. The Hall–Kier alpha value is -2.52. The van der Waals surface area contributed by atoms with Gasteiger partial charge in [0.05, 0.1) is 5.69 Å². The molecule has 0 atom stereocenters. The molecule has 0 fully saturated rings. The van der Waals surface area contributed by atoms with Crippen LogP contribution in [-0.2, 0) is 5.75 Å². The predicted molar refractivity (Wildman–Crippen MR) is 111 cm³/mol. The van der Waals surface area contributed by atoms with Gasteiger partial charge in [-0.1, -0.05) is 78.5 Å². The Labute approximate surface area is 154 Å². The lowest BCUT2D eigenvalue weighted by Crippen LogP contribution is -2.09. The van der Waals surface area contributed by atoms with Gasteiger partial charge in [0.1, 0.15) is 0 Å². The van der Waals surface area contributed by atoms with Crippen LogP contribution in [0.2, 0.25) is 0 Å². The number of thioether (sulfide) groups is 1. The molecular formula is C22H22N2S. The third-order valence-electron chi connectivity index (χ3n) is 3.94. The number of amidine groups is 1. The van der Waals surface area contributed by atoms with Gasteiger partial charge in [0, 0.05) is 11.4 Å². The van der Waals surface area contributed by atoms with Crippen LogP contribution in [0.3, 0.4) is 0 Å². The zero-order valence-corrected chi connectivity index (χ0v) is 15.4. The average Bonchev–Trinajstić information content (AvgIpc) is 2.64. The third-order valence-corrected chi connectivity index (χ3v) is 4.89. The van der Waals surface area contributed by atoms with Crippen molar-refractivity contribution in [1.82, 2.24) is 0 Å². The molecule has 3 aromatic rings. The number of nitrogens with zero attached hydrogens (tertiary/aromatic N) is 1. The van der Waals surface area contributed by atoms with E-state index in [0.717, 1.165) is 22.3 Å². The molecule has 3 aromatic carbocycles. The van der Waals surface area contributed by atoms with Crippen molar-refractivity contribution in [2.24, 2.45) is 4.99 Å². The van der Waals surface area contributed by atoms with Gasteiger partial charge in [-0.2, -0.15) is 0 Å². The van der Waals surface area contributed by atoms with Gasteiger partial charge in [-0.3, -0.25) is 0 Å². The summed E-state index contributed by atoms with van der Waals surface area (Å²) >= 11 is 1.72. The molecular weight excluding hydrogens is 324 g/mol. The maximum Gasteiger partial charge on any atom is 0.166 e. The summed E-state index contributed by atoms with van der Waals surface area (Å²) in [5.41, 5.74) is 5.76. The number of benzene rings is 3. The Kier molecular flexibility index (Phi) is 5.91. The summed E-state index contributed by atoms with van der Waals surface area (Å²) in [5.74, 6) is 0.879. The molecule has 0 spiro atoms. The minimum absolute atomic E-state index is 0.879. The van der Waals surface area contributed by atoms with Crippen LogP contribution in [0.15, 0.2) is 83.9 Å². The zero-order chi connectivity index (χ0) is 17.5. The van der Waals surface area contributed by atoms with Gasteiger partial charge in [0.15, 0.2) is 5.17 Å². The average molecular weight is 346 g/mol. The fourth-order valence-corrected chi connectivity index (χ4v) is 3.29. The molecule has 0 bridgehead atoms. The highest BCUT2D eigenvalue weighted by atomic mass is 32.2. The first-order valence-electron chi connectivity index (χ1n) is 8.36. The van der Waals surface area contributed by atoms with Crippen molar-refractivity contribution < 1.29 is 0 Å². The van der Waals surface area contributed by atoms with Crippen molar-refractivity contribution >= 4 is 28.3 Å². The normalized spacial score (nSPS) is 11.4. The smallest absolute Gasteiger partial charge is 0.166 e. The topological polar surface area (TPSA) is 24.4 Å². The second kappa shape index (κ2) is 8.54. The summed E-state index contributed by atoms with van der Waals surface area (Å²) < 4.78 is 0. The molecule has 0 amide bonds. The Bertz CT molecular complexity index is 857. The predicted octanol–water partition coefficient (Wildman–Crippen LogP) is 6.34. The second-order valence-electron chi connectivity index (χ2n) is 5.92. The van der Waals surface area contributed by atoms with E-state index in [1.54, 1.807) is 11.8 Å². The number of anilines is 1. The lowest BCUT2D eigenvalue weighted by Gasteiger charge is -2.12. The highest BCUT2D eigenvalue weighted by Crippen LogP contribution is 2.24. The van der Waals surface area contributed by atoms with Crippen LogP contribution < -0.4 is 5.32 Å². The molecule has 3 rings (SSSR count). The number of para-hydroxylation sites is 2. The van der Waals surface area contributed by atoms with Gasteiger partial charge in [0.2, 0.25) is 0 Å². The molecule has 0 unspecified atom stereocenters. The van der Waals surface area contributed by atoms with E-state index >= 15 is 0 Å². The number of rotatable bonds is 4. The molecule has 126 valence electrons. The van der Waals surface area contributed by atoms with Crippen LogP contribution in [0.25, 0.3) is 0 Å². The van der Waals surface area contributed by atoms with Crippen LogP contribution in [0.5, 0.6) is 0 Å². The molecule has 0 aliphatic rings. The molecule has 0 radical (unpaired) electrons. The SMILES string of the molecule is Cc1ccccc1N=C(Nc1ccccc1C)SCc1ccccc1. The van der Waals surface area contributed by atoms with E-state index in [0.29, 0.717) is 0 Å². The van der Waals surface area contributed by atoms with Gasteiger partial charge < -0.3 is 5.32 Å². The first kappa shape index (κ1) is 17.3. The first-order valence-corrected chi connectivity index (χ1v) is 9.34. The van der Waals surface area contributed by atoms with Crippen LogP contribution in [0.4, 0.5) is 11.4 Å². The lowest BCUT2D eigenvalue weighted by molar-refractivity contribution is 1.39. The summed E-state index contributed by atoms with van der Waals surface area (Å²) in [6.07, 6.45) is 0. The van der Waals surface area contributed by atoms with Crippen LogP contribution in [-0.4, -0.2) is 5.17 Å². The molecule has 0 aliphatic heterocycles. The molecule has 0 saturated heterocycles. The molecule has 1 N–H and O–H groups in total. The quantitative estimate of drug-likeness (QED) is 0.440. The van der Waals surface area contributed by atoms with Crippen molar-refractivity contribution in [3.63, 3.8) is 0 Å².